The molecule has 160 valence electrons. The van der Waals surface area contributed by atoms with Crippen molar-refractivity contribution >= 4 is 34.7 Å². The molecule has 3 heterocycles. The number of hydrogen-bond acceptors (Lipinski definition) is 7. The molecule has 0 radical (unpaired) electrons. The maximum Gasteiger partial charge on any atom is 0.338 e. The summed E-state index contributed by atoms with van der Waals surface area (Å²) in [5.41, 5.74) is 1.56. The molecule has 1 atom stereocenters. The summed E-state index contributed by atoms with van der Waals surface area (Å²) in [4.78, 5) is 32.5. The highest BCUT2D eigenvalue weighted by molar-refractivity contribution is 7.10. The Morgan fingerprint density at radius 3 is 2.68 bits per heavy atom. The average molecular weight is 455 g/mol. The molecular formula is C23H22N2O4S2. The molecule has 0 bridgehead atoms. The molecule has 1 unspecified atom stereocenters. The van der Waals surface area contributed by atoms with Crippen molar-refractivity contribution in [1.82, 2.24) is 4.57 Å². The smallest absolute Gasteiger partial charge is 0.338 e. The van der Waals surface area contributed by atoms with E-state index >= 15 is 0 Å². The van der Waals surface area contributed by atoms with Gasteiger partial charge in [0.05, 0.1) is 29.0 Å². The fraction of sp³-hybridized carbons (Fsp3) is 0.261. The average Bonchev–Trinajstić information content (AvgIpc) is 3.36. The lowest BCUT2D eigenvalue weighted by Gasteiger charge is -2.24. The first-order valence-corrected chi connectivity index (χ1v) is 11.5. The SMILES string of the molecule is COc1ccccc1/C=c1\sc2n(c1=O)C(c1cccs1)C(C(=O)OC(C)C)=C(C)N=2. The number of thiazole rings is 1. The van der Waals surface area contributed by atoms with Gasteiger partial charge in [0.1, 0.15) is 11.8 Å². The molecule has 1 aromatic carbocycles. The van der Waals surface area contributed by atoms with Gasteiger partial charge in [0.2, 0.25) is 0 Å². The Labute approximate surface area is 187 Å². The van der Waals surface area contributed by atoms with Crippen molar-refractivity contribution in [2.45, 2.75) is 32.9 Å². The van der Waals surface area contributed by atoms with E-state index in [4.69, 9.17) is 9.47 Å². The normalized spacial score (nSPS) is 16.3. The van der Waals surface area contributed by atoms with Gasteiger partial charge in [-0.15, -0.1) is 11.3 Å². The van der Waals surface area contributed by atoms with Gasteiger partial charge >= 0.3 is 5.97 Å². The maximum atomic E-state index is 13.5. The van der Waals surface area contributed by atoms with Gasteiger partial charge in [-0.1, -0.05) is 35.6 Å². The minimum atomic E-state index is -0.567. The topological polar surface area (TPSA) is 69.9 Å². The number of para-hydroxylation sites is 1. The number of benzene rings is 1. The molecule has 0 amide bonds. The van der Waals surface area contributed by atoms with E-state index in [-0.39, 0.29) is 11.7 Å². The van der Waals surface area contributed by atoms with Gasteiger partial charge in [-0.25, -0.2) is 9.79 Å². The van der Waals surface area contributed by atoms with Crippen LogP contribution in [0.15, 0.2) is 62.8 Å². The summed E-state index contributed by atoms with van der Waals surface area (Å²) in [5, 5.41) is 1.93. The predicted octanol–water partition coefficient (Wildman–Crippen LogP) is 3.26. The Hall–Kier alpha value is -2.97. The van der Waals surface area contributed by atoms with Gasteiger partial charge in [-0.3, -0.25) is 9.36 Å². The van der Waals surface area contributed by atoms with Crippen LogP contribution < -0.4 is 19.6 Å². The van der Waals surface area contributed by atoms with Crippen molar-refractivity contribution in [1.29, 1.82) is 0 Å². The molecule has 3 aromatic rings. The van der Waals surface area contributed by atoms with Crippen LogP contribution in [0, 0.1) is 0 Å². The van der Waals surface area contributed by atoms with Gasteiger partial charge in [0.25, 0.3) is 5.56 Å². The highest BCUT2D eigenvalue weighted by Crippen LogP contribution is 2.33. The van der Waals surface area contributed by atoms with Crippen LogP contribution in [0.5, 0.6) is 5.75 Å². The van der Waals surface area contributed by atoms with Crippen molar-refractivity contribution in [3.8, 4) is 5.75 Å². The molecule has 4 rings (SSSR count). The number of rotatable bonds is 5. The molecule has 0 aliphatic carbocycles. The highest BCUT2D eigenvalue weighted by atomic mass is 32.1. The van der Waals surface area contributed by atoms with E-state index < -0.39 is 12.0 Å². The first-order valence-electron chi connectivity index (χ1n) is 9.80. The number of nitrogens with zero attached hydrogens (tertiary/aromatic N) is 2. The first-order chi connectivity index (χ1) is 14.9. The molecular weight excluding hydrogens is 432 g/mol. The number of esters is 1. The zero-order valence-electron chi connectivity index (χ0n) is 17.6. The van der Waals surface area contributed by atoms with Crippen molar-refractivity contribution in [2.75, 3.05) is 7.11 Å². The van der Waals surface area contributed by atoms with Gasteiger partial charge in [0.15, 0.2) is 4.80 Å². The second-order valence-corrected chi connectivity index (χ2v) is 9.28. The van der Waals surface area contributed by atoms with Crippen LogP contribution in [-0.4, -0.2) is 23.8 Å². The number of carbonyl (C=O) groups excluding carboxylic acids is 1. The van der Waals surface area contributed by atoms with E-state index in [0.29, 0.717) is 26.4 Å². The molecule has 0 fully saturated rings. The van der Waals surface area contributed by atoms with E-state index in [1.54, 1.807) is 38.5 Å². The third-order valence-corrected chi connectivity index (χ3v) is 6.73. The number of thiophene rings is 1. The lowest BCUT2D eigenvalue weighted by atomic mass is 10.0. The third kappa shape index (κ3) is 4.00. The number of hydrogen-bond donors (Lipinski definition) is 0. The number of allylic oxidation sites excluding steroid dienone is 1. The monoisotopic (exact) mass is 454 g/mol. The molecule has 31 heavy (non-hydrogen) atoms. The summed E-state index contributed by atoms with van der Waals surface area (Å²) in [6, 6.07) is 10.8. The third-order valence-electron chi connectivity index (χ3n) is 4.82. The summed E-state index contributed by atoms with van der Waals surface area (Å²) >= 11 is 2.79. The second kappa shape index (κ2) is 8.64. The van der Waals surface area contributed by atoms with Gasteiger partial charge in [-0.05, 0) is 44.4 Å². The van der Waals surface area contributed by atoms with Crippen molar-refractivity contribution in [3.05, 3.63) is 83.2 Å². The summed E-state index contributed by atoms with van der Waals surface area (Å²) in [6.45, 7) is 5.39. The van der Waals surface area contributed by atoms with Crippen molar-refractivity contribution in [2.24, 2.45) is 4.99 Å². The number of fused-ring (bicyclic) bond motifs is 1. The Kier molecular flexibility index (Phi) is 5.93. The van der Waals surface area contributed by atoms with Crippen LogP contribution in [0.25, 0.3) is 6.08 Å². The standard InChI is InChI=1S/C23H22N2O4S2/c1-13(2)29-22(27)19-14(3)24-23-25(20(19)17-10-7-11-30-17)21(26)18(31-23)12-15-8-5-6-9-16(15)28-4/h5-13,20H,1-4H3/b18-12-. The van der Waals surface area contributed by atoms with Crippen molar-refractivity contribution < 1.29 is 14.3 Å². The maximum absolute atomic E-state index is 13.5. The Morgan fingerprint density at radius 1 is 1.23 bits per heavy atom. The lowest BCUT2D eigenvalue weighted by molar-refractivity contribution is -0.143. The molecule has 8 heteroatoms. The Bertz CT molecular complexity index is 1330. The quantitative estimate of drug-likeness (QED) is 0.555. The van der Waals surface area contributed by atoms with Crippen LogP contribution in [-0.2, 0) is 9.53 Å². The highest BCUT2D eigenvalue weighted by Gasteiger charge is 2.34. The number of carbonyl (C=O) groups is 1. The molecule has 0 spiro atoms. The van der Waals surface area contributed by atoms with Gasteiger partial charge < -0.3 is 9.47 Å². The number of methoxy groups -OCH3 is 1. The second-order valence-electron chi connectivity index (χ2n) is 7.29. The zero-order valence-corrected chi connectivity index (χ0v) is 19.3. The summed E-state index contributed by atoms with van der Waals surface area (Å²) in [5.74, 6) is 0.231. The largest absolute Gasteiger partial charge is 0.496 e. The van der Waals surface area contributed by atoms with Crippen LogP contribution in [0.1, 0.15) is 37.3 Å². The zero-order chi connectivity index (χ0) is 22.1. The summed E-state index contributed by atoms with van der Waals surface area (Å²) < 4.78 is 13.0. The van der Waals surface area contributed by atoms with E-state index in [1.165, 1.54) is 22.7 Å². The fourth-order valence-corrected chi connectivity index (χ4v) is 5.36. The van der Waals surface area contributed by atoms with E-state index in [2.05, 4.69) is 4.99 Å². The summed E-state index contributed by atoms with van der Waals surface area (Å²) in [7, 11) is 1.60. The molecule has 2 aromatic heterocycles. The Balaban J connectivity index is 1.93. The van der Waals surface area contributed by atoms with E-state index in [9.17, 15) is 9.59 Å². The minimum Gasteiger partial charge on any atom is -0.496 e. The number of aromatic nitrogens is 1. The minimum absolute atomic E-state index is 0.199. The summed E-state index contributed by atoms with van der Waals surface area (Å²) in [6.07, 6.45) is 1.53. The molecule has 6 nitrogen and oxygen atoms in total. The predicted molar refractivity (Wildman–Crippen MR) is 122 cm³/mol. The van der Waals surface area contributed by atoms with Crippen LogP contribution in [0.2, 0.25) is 0 Å². The van der Waals surface area contributed by atoms with Crippen LogP contribution >= 0.6 is 22.7 Å². The van der Waals surface area contributed by atoms with Crippen LogP contribution in [0.3, 0.4) is 0 Å². The molecule has 0 saturated carbocycles. The van der Waals surface area contributed by atoms with E-state index in [0.717, 1.165) is 10.4 Å². The Morgan fingerprint density at radius 2 is 2.00 bits per heavy atom. The van der Waals surface area contributed by atoms with Gasteiger partial charge in [0, 0.05) is 10.4 Å². The molecule has 0 saturated heterocycles. The van der Waals surface area contributed by atoms with Gasteiger partial charge in [-0.2, -0.15) is 0 Å². The van der Waals surface area contributed by atoms with Crippen molar-refractivity contribution in [3.63, 3.8) is 0 Å². The van der Waals surface area contributed by atoms with Crippen LogP contribution in [0.4, 0.5) is 0 Å². The molecule has 1 aliphatic rings. The molecule has 1 aliphatic heterocycles. The van der Waals surface area contributed by atoms with E-state index in [1.807, 2.05) is 41.8 Å². The first kappa shape index (κ1) is 21.3. The number of ether oxygens (including phenoxy) is 2. The fourth-order valence-electron chi connectivity index (χ4n) is 3.50. The molecule has 0 N–H and O–H groups in total. The lowest BCUT2D eigenvalue weighted by Crippen LogP contribution is -2.39.